The molecule has 0 aromatic heterocycles. The lowest BCUT2D eigenvalue weighted by molar-refractivity contribution is -0.128. The lowest BCUT2D eigenvalue weighted by Crippen LogP contribution is -2.49. The van der Waals surface area contributed by atoms with Gasteiger partial charge in [0.1, 0.15) is 0 Å². The van der Waals surface area contributed by atoms with E-state index in [1.807, 2.05) is 13.8 Å². The largest absolute Gasteiger partial charge is 0.392 e. The zero-order chi connectivity index (χ0) is 13.6. The zero-order valence-electron chi connectivity index (χ0n) is 11.3. The van der Waals surface area contributed by atoms with Crippen molar-refractivity contribution in [2.45, 2.75) is 39.5 Å². The normalized spacial score (nSPS) is 20.4. The highest BCUT2D eigenvalue weighted by molar-refractivity contribution is 7.80. The molecule has 18 heavy (non-hydrogen) atoms. The van der Waals surface area contributed by atoms with Crippen molar-refractivity contribution in [2.24, 2.45) is 17.1 Å². The molecule has 0 aromatic carbocycles. The quantitative estimate of drug-likeness (QED) is 0.721. The predicted molar refractivity (Wildman–Crippen MR) is 76.4 cm³/mol. The number of thiocarbonyl (C=S) groups is 1. The van der Waals surface area contributed by atoms with Crippen molar-refractivity contribution in [1.82, 2.24) is 5.32 Å². The van der Waals surface area contributed by atoms with Gasteiger partial charge in [0.05, 0.1) is 17.0 Å². The first kappa shape index (κ1) is 15.4. The molecule has 3 N–H and O–H groups in total. The van der Waals surface area contributed by atoms with E-state index in [0.29, 0.717) is 30.3 Å². The van der Waals surface area contributed by atoms with Gasteiger partial charge in [-0.15, -0.1) is 0 Å². The van der Waals surface area contributed by atoms with Crippen LogP contribution in [0.5, 0.6) is 0 Å². The number of nitrogens with one attached hydrogen (secondary N) is 1. The van der Waals surface area contributed by atoms with Gasteiger partial charge < -0.3 is 15.8 Å². The van der Waals surface area contributed by atoms with E-state index in [-0.39, 0.29) is 5.91 Å². The second kappa shape index (κ2) is 7.04. The van der Waals surface area contributed by atoms with E-state index < -0.39 is 5.41 Å². The monoisotopic (exact) mass is 272 g/mol. The van der Waals surface area contributed by atoms with Gasteiger partial charge in [0, 0.05) is 13.2 Å². The molecule has 104 valence electrons. The summed E-state index contributed by atoms with van der Waals surface area (Å²) < 4.78 is 5.40. The van der Waals surface area contributed by atoms with Gasteiger partial charge >= 0.3 is 0 Å². The van der Waals surface area contributed by atoms with Gasteiger partial charge in [-0.05, 0) is 31.6 Å². The van der Waals surface area contributed by atoms with E-state index in [2.05, 4.69) is 5.32 Å². The highest BCUT2D eigenvalue weighted by atomic mass is 32.1. The molecule has 1 aliphatic heterocycles. The third-order valence-electron chi connectivity index (χ3n) is 3.92. The molecule has 1 aliphatic rings. The predicted octanol–water partition coefficient (Wildman–Crippen LogP) is 1.62. The lowest BCUT2D eigenvalue weighted by atomic mass is 9.81. The van der Waals surface area contributed by atoms with Crippen LogP contribution in [0.4, 0.5) is 0 Å². The van der Waals surface area contributed by atoms with E-state index in [9.17, 15) is 4.79 Å². The Balaban J connectivity index is 2.53. The number of ether oxygens (including phenoxy) is 1. The molecule has 0 aliphatic carbocycles. The molecule has 0 spiro atoms. The molecular weight excluding hydrogens is 248 g/mol. The number of carbonyl (C=O) groups is 1. The summed E-state index contributed by atoms with van der Waals surface area (Å²) >= 11 is 5.07. The second-order valence-corrected chi connectivity index (χ2v) is 5.39. The zero-order valence-corrected chi connectivity index (χ0v) is 12.1. The van der Waals surface area contributed by atoms with Crippen molar-refractivity contribution in [2.75, 3.05) is 19.8 Å². The number of amides is 1. The molecule has 0 saturated carbocycles. The Morgan fingerprint density at radius 3 is 2.61 bits per heavy atom. The third-order valence-corrected chi connectivity index (χ3v) is 4.31. The highest BCUT2D eigenvalue weighted by Gasteiger charge is 2.38. The first-order valence-corrected chi connectivity index (χ1v) is 7.13. The molecular formula is C13H24N2O2S. The molecule has 0 bridgehead atoms. The highest BCUT2D eigenvalue weighted by Crippen LogP contribution is 2.27. The molecule has 5 heteroatoms. The van der Waals surface area contributed by atoms with Crippen molar-refractivity contribution in [3.05, 3.63) is 0 Å². The number of rotatable bonds is 6. The molecule has 0 radical (unpaired) electrons. The molecule has 0 aromatic rings. The van der Waals surface area contributed by atoms with Crippen LogP contribution in [0.3, 0.4) is 0 Å². The molecule has 1 amide bonds. The summed E-state index contributed by atoms with van der Waals surface area (Å²) in [6.07, 6.45) is 3.47. The minimum absolute atomic E-state index is 0.0365. The molecule has 4 nitrogen and oxygen atoms in total. The summed E-state index contributed by atoms with van der Waals surface area (Å²) in [7, 11) is 0. The van der Waals surface area contributed by atoms with E-state index in [4.69, 9.17) is 22.7 Å². The summed E-state index contributed by atoms with van der Waals surface area (Å²) in [6, 6.07) is 0. The van der Waals surface area contributed by atoms with Crippen LogP contribution in [0.15, 0.2) is 0 Å². The van der Waals surface area contributed by atoms with Crippen molar-refractivity contribution >= 4 is 23.1 Å². The fourth-order valence-electron chi connectivity index (χ4n) is 2.41. The van der Waals surface area contributed by atoms with Gasteiger partial charge in [-0.1, -0.05) is 26.1 Å². The molecule has 1 atom stereocenters. The first-order valence-electron chi connectivity index (χ1n) is 6.72. The van der Waals surface area contributed by atoms with Crippen LogP contribution in [-0.4, -0.2) is 30.7 Å². The van der Waals surface area contributed by atoms with Crippen molar-refractivity contribution in [3.63, 3.8) is 0 Å². The molecule has 1 heterocycles. The number of nitrogens with two attached hydrogens (primary N) is 1. The molecule has 1 unspecified atom stereocenters. The number of carbonyl (C=O) groups excluding carboxylic acids is 1. The summed E-state index contributed by atoms with van der Waals surface area (Å²) in [6.45, 7) is 6.13. The Labute approximate surface area is 115 Å². The van der Waals surface area contributed by atoms with Gasteiger partial charge in [-0.25, -0.2) is 0 Å². The van der Waals surface area contributed by atoms with Gasteiger partial charge in [0.2, 0.25) is 5.91 Å². The summed E-state index contributed by atoms with van der Waals surface area (Å²) in [5.41, 5.74) is 5.06. The Bertz CT molecular complexity index is 297. The maximum atomic E-state index is 12.3. The van der Waals surface area contributed by atoms with Crippen LogP contribution in [0.25, 0.3) is 0 Å². The fourth-order valence-corrected chi connectivity index (χ4v) is 2.79. The van der Waals surface area contributed by atoms with Crippen LogP contribution in [-0.2, 0) is 9.53 Å². The molecule has 1 fully saturated rings. The second-order valence-electron chi connectivity index (χ2n) is 4.95. The average Bonchev–Trinajstić information content (AvgIpc) is 2.39. The van der Waals surface area contributed by atoms with Crippen LogP contribution >= 0.6 is 12.2 Å². The van der Waals surface area contributed by atoms with E-state index in [1.165, 1.54) is 0 Å². The summed E-state index contributed by atoms with van der Waals surface area (Å²) in [4.78, 5) is 12.6. The van der Waals surface area contributed by atoms with E-state index >= 15 is 0 Å². The van der Waals surface area contributed by atoms with E-state index in [0.717, 1.165) is 26.1 Å². The minimum atomic E-state index is -0.690. The van der Waals surface area contributed by atoms with E-state index in [1.54, 1.807) is 0 Å². The van der Waals surface area contributed by atoms with Gasteiger partial charge in [0.25, 0.3) is 0 Å². The van der Waals surface area contributed by atoms with Crippen LogP contribution in [0.1, 0.15) is 39.5 Å². The van der Waals surface area contributed by atoms with Crippen molar-refractivity contribution in [3.8, 4) is 0 Å². The maximum Gasteiger partial charge on any atom is 0.233 e. The molecule has 1 rings (SSSR count). The Hall–Kier alpha value is -0.680. The fraction of sp³-hybridized carbons (Fsp3) is 0.846. The van der Waals surface area contributed by atoms with Crippen molar-refractivity contribution in [1.29, 1.82) is 0 Å². The van der Waals surface area contributed by atoms with Gasteiger partial charge in [-0.3, -0.25) is 4.79 Å². The topological polar surface area (TPSA) is 64.3 Å². The van der Waals surface area contributed by atoms with Gasteiger partial charge in [0.15, 0.2) is 0 Å². The van der Waals surface area contributed by atoms with Crippen LogP contribution in [0, 0.1) is 11.3 Å². The number of hydrogen-bond donors (Lipinski definition) is 2. The van der Waals surface area contributed by atoms with Crippen molar-refractivity contribution < 1.29 is 9.53 Å². The first-order chi connectivity index (χ1) is 8.56. The lowest BCUT2D eigenvalue weighted by Gasteiger charge is -2.30. The van der Waals surface area contributed by atoms with Crippen LogP contribution in [0.2, 0.25) is 0 Å². The van der Waals surface area contributed by atoms with Crippen LogP contribution < -0.4 is 11.1 Å². The Morgan fingerprint density at radius 2 is 2.17 bits per heavy atom. The minimum Gasteiger partial charge on any atom is -0.392 e. The Kier molecular flexibility index (Phi) is 6.02. The summed E-state index contributed by atoms with van der Waals surface area (Å²) in [5.74, 6) is 0.381. The summed E-state index contributed by atoms with van der Waals surface area (Å²) in [5, 5.41) is 2.99. The van der Waals surface area contributed by atoms with Gasteiger partial charge in [-0.2, -0.15) is 0 Å². The average molecular weight is 272 g/mol. The molecule has 1 saturated heterocycles. The Morgan fingerprint density at radius 1 is 1.50 bits per heavy atom. The smallest absolute Gasteiger partial charge is 0.233 e. The third kappa shape index (κ3) is 3.42. The maximum absolute atomic E-state index is 12.3. The SMILES string of the molecule is CCC(CC)(C(=O)NCC1CCCOC1)C(N)=S. The standard InChI is InChI=1S/C13H24N2O2S/c1-3-13(4-2,11(14)18)12(16)15-8-10-6-5-7-17-9-10/h10H,3-9H2,1-2H3,(H2,14,18)(H,15,16). The number of hydrogen-bond acceptors (Lipinski definition) is 3.